The molecule has 2 aliphatic heterocycles. The van der Waals surface area contributed by atoms with E-state index in [2.05, 4.69) is 56.0 Å². The van der Waals surface area contributed by atoms with Crippen molar-refractivity contribution in [1.29, 1.82) is 0 Å². The second-order valence-electron chi connectivity index (χ2n) is 8.51. The van der Waals surface area contributed by atoms with Gasteiger partial charge in [0, 0.05) is 59.1 Å². The van der Waals surface area contributed by atoms with E-state index in [1.165, 1.54) is 6.07 Å². The summed E-state index contributed by atoms with van der Waals surface area (Å²) in [5.41, 5.74) is 1.78. The average molecular weight is 441 g/mol. The number of hydrogen-bond donors (Lipinski definition) is 1. The van der Waals surface area contributed by atoms with Gasteiger partial charge in [0.15, 0.2) is 5.96 Å². The highest BCUT2D eigenvalue weighted by molar-refractivity contribution is 5.80. The van der Waals surface area contributed by atoms with Crippen LogP contribution in [0.3, 0.4) is 0 Å². The number of guanidine groups is 1. The molecule has 7 nitrogen and oxygen atoms in total. The summed E-state index contributed by atoms with van der Waals surface area (Å²) in [6.45, 7) is 9.68. The molecule has 2 atom stereocenters. The van der Waals surface area contributed by atoms with Crippen molar-refractivity contribution in [1.82, 2.24) is 15.2 Å². The first-order valence-electron chi connectivity index (χ1n) is 11.3. The van der Waals surface area contributed by atoms with Gasteiger partial charge in [-0.3, -0.25) is 4.99 Å². The lowest BCUT2D eigenvalue weighted by molar-refractivity contribution is -0.00545. The zero-order valence-corrected chi connectivity index (χ0v) is 19.2. The van der Waals surface area contributed by atoms with Gasteiger partial charge >= 0.3 is 0 Å². The maximum absolute atomic E-state index is 14.1. The molecule has 172 valence electrons. The van der Waals surface area contributed by atoms with Gasteiger partial charge < -0.3 is 24.8 Å². The van der Waals surface area contributed by atoms with Crippen molar-refractivity contribution in [2.24, 2.45) is 4.99 Å². The molecule has 0 saturated carbocycles. The number of halogens is 1. The normalized spacial score (nSPS) is 22.2. The highest BCUT2D eigenvalue weighted by Gasteiger charge is 2.23. The van der Waals surface area contributed by atoms with Crippen LogP contribution in [-0.2, 0) is 11.3 Å². The van der Waals surface area contributed by atoms with E-state index in [1.54, 1.807) is 13.1 Å². The van der Waals surface area contributed by atoms with Gasteiger partial charge in [0.05, 0.1) is 17.9 Å². The molecule has 1 aromatic heterocycles. The van der Waals surface area contributed by atoms with Crippen LogP contribution < -0.4 is 15.1 Å². The maximum Gasteiger partial charge on any atom is 0.194 e. The zero-order valence-electron chi connectivity index (χ0n) is 19.2. The monoisotopic (exact) mass is 440 g/mol. The van der Waals surface area contributed by atoms with E-state index in [0.29, 0.717) is 12.2 Å². The Kier molecular flexibility index (Phi) is 7.09. The number of anilines is 2. The molecule has 0 radical (unpaired) electrons. The molecule has 4 rings (SSSR count). The van der Waals surface area contributed by atoms with Crippen LogP contribution in [0.1, 0.15) is 19.4 Å². The van der Waals surface area contributed by atoms with Gasteiger partial charge in [-0.2, -0.15) is 0 Å². The second kappa shape index (κ2) is 10.2. The Bertz CT molecular complexity index is 903. The summed E-state index contributed by atoms with van der Waals surface area (Å²) in [6, 6.07) is 11.2. The molecule has 8 heteroatoms. The fourth-order valence-corrected chi connectivity index (χ4v) is 4.45. The number of morpholine rings is 1. The Morgan fingerprint density at radius 1 is 1.06 bits per heavy atom. The predicted molar refractivity (Wildman–Crippen MR) is 127 cm³/mol. The Morgan fingerprint density at radius 2 is 1.78 bits per heavy atom. The van der Waals surface area contributed by atoms with Crippen LogP contribution in [0.2, 0.25) is 0 Å². The first kappa shape index (κ1) is 22.3. The molecule has 1 N–H and O–H groups in total. The van der Waals surface area contributed by atoms with E-state index in [4.69, 9.17) is 4.74 Å². The number of ether oxygens (including phenoxy) is 1. The summed E-state index contributed by atoms with van der Waals surface area (Å²) in [5, 5.41) is 3.44. The number of aromatic nitrogens is 1. The molecule has 2 fully saturated rings. The highest BCUT2D eigenvalue weighted by atomic mass is 19.1. The van der Waals surface area contributed by atoms with Gasteiger partial charge in [-0.15, -0.1) is 0 Å². The number of aliphatic imine (C=N–C) groups is 1. The molecule has 2 aromatic rings. The standard InChI is InChI=1S/C24H33FN6O/c1-18-16-31(17-19(2)32-18)23-9-8-20(14-27-23)15-28-24(26-3)30-12-10-29(11-13-30)22-7-5-4-6-21(22)25/h4-9,14,18-19H,10-13,15-17H2,1-3H3,(H,26,28). The van der Waals surface area contributed by atoms with E-state index >= 15 is 0 Å². The lowest BCUT2D eigenvalue weighted by Gasteiger charge is -2.37. The predicted octanol–water partition coefficient (Wildman–Crippen LogP) is 2.73. The lowest BCUT2D eigenvalue weighted by Crippen LogP contribution is -2.52. The number of nitrogens with zero attached hydrogens (tertiary/aromatic N) is 5. The van der Waals surface area contributed by atoms with Crippen LogP contribution in [-0.4, -0.2) is 74.4 Å². The second-order valence-corrected chi connectivity index (χ2v) is 8.51. The quantitative estimate of drug-likeness (QED) is 0.583. The summed E-state index contributed by atoms with van der Waals surface area (Å²) < 4.78 is 19.9. The number of rotatable bonds is 4. The van der Waals surface area contributed by atoms with Crippen molar-refractivity contribution in [3.8, 4) is 0 Å². The van der Waals surface area contributed by atoms with Crippen molar-refractivity contribution in [2.75, 3.05) is 56.1 Å². The van der Waals surface area contributed by atoms with Crippen LogP contribution in [0.5, 0.6) is 0 Å². The molecule has 3 heterocycles. The van der Waals surface area contributed by atoms with Gasteiger partial charge in [-0.1, -0.05) is 18.2 Å². The molecule has 32 heavy (non-hydrogen) atoms. The largest absolute Gasteiger partial charge is 0.372 e. The van der Waals surface area contributed by atoms with Gasteiger partial charge in [0.2, 0.25) is 0 Å². The maximum atomic E-state index is 14.1. The van der Waals surface area contributed by atoms with Crippen molar-refractivity contribution < 1.29 is 9.13 Å². The van der Waals surface area contributed by atoms with Crippen molar-refractivity contribution in [2.45, 2.75) is 32.6 Å². The molecule has 1 aromatic carbocycles. The van der Waals surface area contributed by atoms with Gasteiger partial charge in [-0.25, -0.2) is 9.37 Å². The molecule has 0 aliphatic carbocycles. The molecule has 2 unspecified atom stereocenters. The summed E-state index contributed by atoms with van der Waals surface area (Å²) in [5.74, 6) is 1.68. The topological polar surface area (TPSA) is 56.2 Å². The number of hydrogen-bond acceptors (Lipinski definition) is 5. The molecule has 0 bridgehead atoms. The smallest absolute Gasteiger partial charge is 0.194 e. The Balaban J connectivity index is 1.29. The van der Waals surface area contributed by atoms with Crippen LogP contribution in [0.4, 0.5) is 15.9 Å². The average Bonchev–Trinajstić information content (AvgIpc) is 2.80. The third-order valence-electron chi connectivity index (χ3n) is 5.99. The summed E-state index contributed by atoms with van der Waals surface area (Å²) in [4.78, 5) is 15.7. The molecular formula is C24H33FN6O. The van der Waals surface area contributed by atoms with Gasteiger partial charge in [0.25, 0.3) is 0 Å². The summed E-state index contributed by atoms with van der Waals surface area (Å²) in [7, 11) is 1.80. The van der Waals surface area contributed by atoms with E-state index in [0.717, 1.165) is 56.6 Å². The fraction of sp³-hybridized carbons (Fsp3) is 0.500. The van der Waals surface area contributed by atoms with Crippen LogP contribution >= 0.6 is 0 Å². The zero-order chi connectivity index (χ0) is 22.5. The van der Waals surface area contributed by atoms with Crippen molar-refractivity contribution >= 4 is 17.5 Å². The van der Waals surface area contributed by atoms with E-state index in [-0.39, 0.29) is 18.0 Å². The van der Waals surface area contributed by atoms with Crippen LogP contribution in [0.15, 0.2) is 47.6 Å². The van der Waals surface area contributed by atoms with Crippen molar-refractivity contribution in [3.63, 3.8) is 0 Å². The van der Waals surface area contributed by atoms with Crippen LogP contribution in [0, 0.1) is 5.82 Å². The summed E-state index contributed by atoms with van der Waals surface area (Å²) in [6.07, 6.45) is 2.35. The first-order chi connectivity index (χ1) is 15.5. The van der Waals surface area contributed by atoms with E-state index < -0.39 is 0 Å². The minimum atomic E-state index is -0.166. The Hall–Kier alpha value is -2.87. The van der Waals surface area contributed by atoms with E-state index in [1.807, 2.05) is 18.3 Å². The number of benzene rings is 1. The molecular weight excluding hydrogens is 407 g/mol. The fourth-order valence-electron chi connectivity index (χ4n) is 4.45. The SMILES string of the molecule is CN=C(NCc1ccc(N2CC(C)OC(C)C2)nc1)N1CCN(c2ccccc2F)CC1. The number of piperazine rings is 1. The number of pyridine rings is 1. The lowest BCUT2D eigenvalue weighted by atomic mass is 10.2. The van der Waals surface area contributed by atoms with E-state index in [9.17, 15) is 4.39 Å². The molecule has 2 saturated heterocycles. The number of nitrogens with one attached hydrogen (secondary N) is 1. The minimum absolute atomic E-state index is 0.166. The first-order valence-corrected chi connectivity index (χ1v) is 11.3. The Morgan fingerprint density at radius 3 is 2.41 bits per heavy atom. The minimum Gasteiger partial charge on any atom is -0.372 e. The van der Waals surface area contributed by atoms with Gasteiger partial charge in [-0.05, 0) is 37.6 Å². The van der Waals surface area contributed by atoms with Crippen LogP contribution in [0.25, 0.3) is 0 Å². The molecule has 0 spiro atoms. The molecule has 2 aliphatic rings. The Labute approximate surface area is 189 Å². The van der Waals surface area contributed by atoms with Gasteiger partial charge in [0.1, 0.15) is 11.6 Å². The third kappa shape index (κ3) is 5.30. The summed E-state index contributed by atoms with van der Waals surface area (Å²) >= 11 is 0. The highest BCUT2D eigenvalue weighted by Crippen LogP contribution is 2.21. The van der Waals surface area contributed by atoms with Crippen molar-refractivity contribution in [3.05, 3.63) is 54.0 Å². The third-order valence-corrected chi connectivity index (χ3v) is 5.99. The molecule has 0 amide bonds. The number of para-hydroxylation sites is 1.